The van der Waals surface area contributed by atoms with Gasteiger partial charge in [-0.15, -0.1) is 11.6 Å². The van der Waals surface area contributed by atoms with Crippen LogP contribution in [0.5, 0.6) is 0 Å². The van der Waals surface area contributed by atoms with E-state index in [9.17, 15) is 4.79 Å². The topological polar surface area (TPSA) is 92.1 Å². The van der Waals surface area contributed by atoms with Gasteiger partial charge < -0.3 is 20.4 Å². The van der Waals surface area contributed by atoms with E-state index in [-0.39, 0.29) is 6.03 Å². The maximum absolute atomic E-state index is 11.8. The number of amides is 2. The van der Waals surface area contributed by atoms with Crippen LogP contribution in [0, 0.1) is 0 Å². The number of furan rings is 1. The minimum absolute atomic E-state index is 0.271. The predicted octanol–water partition coefficient (Wildman–Crippen LogP) is 6.57. The molecule has 186 valence electrons. The summed E-state index contributed by atoms with van der Waals surface area (Å²) >= 11 is 5.60. The Morgan fingerprint density at radius 3 is 2.24 bits per heavy atom. The first kappa shape index (κ1) is 24.3. The Kier molecular flexibility index (Phi) is 7.62. The number of benzene rings is 3. The third kappa shape index (κ3) is 5.73. The lowest BCUT2D eigenvalue weighted by molar-refractivity contribution is 0.252. The molecule has 2 amide bonds. The molecule has 0 bridgehead atoms. The molecule has 7 nitrogen and oxygen atoms in total. The molecule has 2 heterocycles. The zero-order chi connectivity index (χ0) is 25.5. The number of aromatic nitrogens is 2. The van der Waals surface area contributed by atoms with Gasteiger partial charge in [0.05, 0.1) is 5.39 Å². The summed E-state index contributed by atoms with van der Waals surface area (Å²) in [5, 5.41) is 9.81. The fraction of sp³-hybridized carbons (Fsp3) is 0.138. The number of nitrogens with zero attached hydrogens (tertiary/aromatic N) is 2. The number of carbonyl (C=O) groups excluding carboxylic acids is 1. The van der Waals surface area contributed by atoms with E-state index in [0.29, 0.717) is 24.7 Å². The van der Waals surface area contributed by atoms with Gasteiger partial charge in [0.25, 0.3) is 0 Å². The van der Waals surface area contributed by atoms with Crippen LogP contribution in [0.3, 0.4) is 0 Å². The Hall–Kier alpha value is -4.36. The lowest BCUT2D eigenvalue weighted by Crippen LogP contribution is -2.30. The van der Waals surface area contributed by atoms with Gasteiger partial charge in [-0.3, -0.25) is 0 Å². The van der Waals surface area contributed by atoms with E-state index in [1.54, 1.807) is 0 Å². The molecular weight excluding hydrogens is 486 g/mol. The highest BCUT2D eigenvalue weighted by Gasteiger charge is 2.21. The fourth-order valence-corrected chi connectivity index (χ4v) is 4.25. The molecule has 0 saturated carbocycles. The van der Waals surface area contributed by atoms with Crippen molar-refractivity contribution in [2.45, 2.75) is 6.42 Å². The molecule has 3 N–H and O–H groups in total. The van der Waals surface area contributed by atoms with Crippen molar-refractivity contribution < 1.29 is 9.21 Å². The monoisotopic (exact) mass is 511 g/mol. The van der Waals surface area contributed by atoms with E-state index in [0.717, 1.165) is 51.3 Å². The Bertz CT molecular complexity index is 1470. The average Bonchev–Trinajstić information content (AvgIpc) is 3.34. The number of fused-ring (bicyclic) bond motifs is 1. The zero-order valence-corrected chi connectivity index (χ0v) is 20.8. The Labute approximate surface area is 219 Å². The molecule has 0 unspecified atom stereocenters. The number of anilines is 2. The van der Waals surface area contributed by atoms with Gasteiger partial charge in [-0.05, 0) is 29.7 Å². The van der Waals surface area contributed by atoms with E-state index >= 15 is 0 Å². The highest BCUT2D eigenvalue weighted by atomic mass is 35.5. The largest absolute Gasteiger partial charge is 0.437 e. The molecule has 3 aromatic carbocycles. The number of carbonyl (C=O) groups is 1. The predicted molar refractivity (Wildman–Crippen MR) is 149 cm³/mol. The molecule has 0 aliphatic heterocycles. The second-order valence-corrected chi connectivity index (χ2v) is 8.76. The molecule has 8 heteroatoms. The molecule has 0 radical (unpaired) electrons. The van der Waals surface area contributed by atoms with Gasteiger partial charge in [0, 0.05) is 35.8 Å². The number of alkyl halides is 1. The van der Waals surface area contributed by atoms with Crippen LogP contribution in [0.4, 0.5) is 16.3 Å². The molecular formula is C29H26ClN5O2. The van der Waals surface area contributed by atoms with Crippen LogP contribution < -0.4 is 16.0 Å². The van der Waals surface area contributed by atoms with E-state index in [2.05, 4.69) is 38.1 Å². The van der Waals surface area contributed by atoms with Gasteiger partial charge in [0.15, 0.2) is 0 Å². The number of hydrogen-bond acceptors (Lipinski definition) is 5. The van der Waals surface area contributed by atoms with Crippen LogP contribution in [-0.4, -0.2) is 35.0 Å². The maximum atomic E-state index is 11.8. The molecule has 0 aliphatic rings. The van der Waals surface area contributed by atoms with Crippen molar-refractivity contribution in [1.82, 2.24) is 15.3 Å². The second kappa shape index (κ2) is 11.6. The van der Waals surface area contributed by atoms with Crippen molar-refractivity contribution in [2.75, 3.05) is 29.6 Å². The van der Waals surface area contributed by atoms with Gasteiger partial charge in [0.2, 0.25) is 5.71 Å². The highest BCUT2D eigenvalue weighted by molar-refractivity contribution is 6.18. The van der Waals surface area contributed by atoms with Crippen LogP contribution in [0.2, 0.25) is 0 Å². The van der Waals surface area contributed by atoms with Crippen LogP contribution >= 0.6 is 11.6 Å². The lowest BCUT2D eigenvalue weighted by atomic mass is 9.99. The van der Waals surface area contributed by atoms with E-state index < -0.39 is 0 Å². The van der Waals surface area contributed by atoms with Crippen molar-refractivity contribution >= 4 is 40.2 Å². The van der Waals surface area contributed by atoms with E-state index in [4.69, 9.17) is 16.0 Å². The normalized spacial score (nSPS) is 10.8. The van der Waals surface area contributed by atoms with Crippen molar-refractivity contribution in [3.8, 4) is 22.5 Å². The Balaban J connectivity index is 1.36. The summed E-state index contributed by atoms with van der Waals surface area (Å²) in [4.78, 5) is 20.8. The quantitative estimate of drug-likeness (QED) is 0.195. The molecule has 0 spiro atoms. The smallest absolute Gasteiger partial charge is 0.319 e. The van der Waals surface area contributed by atoms with Crippen molar-refractivity contribution in [2.24, 2.45) is 0 Å². The molecule has 0 aliphatic carbocycles. The summed E-state index contributed by atoms with van der Waals surface area (Å²) in [5.74, 6) is 1.87. The van der Waals surface area contributed by atoms with Gasteiger partial charge in [0.1, 0.15) is 17.9 Å². The Morgan fingerprint density at radius 2 is 1.54 bits per heavy atom. The zero-order valence-electron chi connectivity index (χ0n) is 20.1. The van der Waals surface area contributed by atoms with Crippen molar-refractivity contribution in [3.63, 3.8) is 0 Å². The van der Waals surface area contributed by atoms with Gasteiger partial charge in [-0.2, -0.15) is 0 Å². The molecule has 5 aromatic rings. The third-order valence-electron chi connectivity index (χ3n) is 5.88. The first-order valence-electron chi connectivity index (χ1n) is 12.0. The van der Waals surface area contributed by atoms with Crippen molar-refractivity contribution in [3.05, 3.63) is 96.8 Å². The third-order valence-corrected chi connectivity index (χ3v) is 6.07. The van der Waals surface area contributed by atoms with E-state index in [1.807, 2.05) is 72.8 Å². The fourth-order valence-electron chi connectivity index (χ4n) is 4.16. The summed E-state index contributed by atoms with van der Waals surface area (Å²) in [7, 11) is 0. The average molecular weight is 512 g/mol. The lowest BCUT2D eigenvalue weighted by Gasteiger charge is -2.10. The SMILES string of the molecule is O=C(NCCCl)Nc1ccc(CCNc2ncnc3oc(-c4ccccc4)c(-c4ccccc4)c23)cc1. The number of halogens is 1. The van der Waals surface area contributed by atoms with Crippen LogP contribution in [0.1, 0.15) is 5.56 Å². The van der Waals surface area contributed by atoms with Gasteiger partial charge >= 0.3 is 6.03 Å². The maximum Gasteiger partial charge on any atom is 0.319 e. The van der Waals surface area contributed by atoms with Gasteiger partial charge in [-0.25, -0.2) is 14.8 Å². The molecule has 0 fully saturated rings. The first-order valence-corrected chi connectivity index (χ1v) is 12.6. The number of nitrogens with one attached hydrogen (secondary N) is 3. The summed E-state index contributed by atoms with van der Waals surface area (Å²) in [6.45, 7) is 1.08. The second-order valence-electron chi connectivity index (χ2n) is 8.38. The molecule has 37 heavy (non-hydrogen) atoms. The minimum atomic E-state index is -0.271. The summed E-state index contributed by atoms with van der Waals surface area (Å²) in [6.07, 6.45) is 2.29. The summed E-state index contributed by atoms with van der Waals surface area (Å²) in [5.41, 5.74) is 5.38. The number of rotatable bonds is 9. The molecule has 5 rings (SSSR count). The molecule has 0 saturated heterocycles. The number of hydrogen-bond donors (Lipinski definition) is 3. The molecule has 0 atom stereocenters. The number of urea groups is 1. The first-order chi connectivity index (χ1) is 18.2. The van der Waals surface area contributed by atoms with Crippen LogP contribution in [-0.2, 0) is 6.42 Å². The standard InChI is InChI=1S/C29H26ClN5O2/c30-16-18-32-29(36)35-23-13-11-20(12-14-23)15-17-31-27-25-24(21-7-3-1-4-8-21)26(22-9-5-2-6-10-22)37-28(25)34-19-33-27/h1-14,19H,15-18H2,(H,31,33,34)(H2,32,35,36). The van der Waals surface area contributed by atoms with E-state index in [1.165, 1.54) is 6.33 Å². The Morgan fingerprint density at radius 1 is 0.838 bits per heavy atom. The van der Waals surface area contributed by atoms with Crippen LogP contribution in [0.25, 0.3) is 33.6 Å². The summed E-state index contributed by atoms with van der Waals surface area (Å²) in [6, 6.07) is 27.7. The molecule has 2 aromatic heterocycles. The van der Waals surface area contributed by atoms with Gasteiger partial charge in [-0.1, -0.05) is 72.8 Å². The van der Waals surface area contributed by atoms with Crippen LogP contribution in [0.15, 0.2) is 95.7 Å². The van der Waals surface area contributed by atoms with Crippen molar-refractivity contribution in [1.29, 1.82) is 0 Å². The summed E-state index contributed by atoms with van der Waals surface area (Å²) < 4.78 is 6.28. The highest BCUT2D eigenvalue weighted by Crippen LogP contribution is 2.42. The minimum Gasteiger partial charge on any atom is -0.437 e.